The van der Waals surface area contributed by atoms with E-state index in [2.05, 4.69) is 11.7 Å². The zero-order valence-electron chi connectivity index (χ0n) is 5.64. The third-order valence-corrected chi connectivity index (χ3v) is 1.41. The summed E-state index contributed by atoms with van der Waals surface area (Å²) in [6, 6.07) is 0. The van der Waals surface area contributed by atoms with Crippen LogP contribution in [0.1, 0.15) is 32.6 Å². The normalized spacial score (nSPS) is 17.7. The highest BCUT2D eigenvalue weighted by atomic mass is 16.6. The lowest BCUT2D eigenvalue weighted by atomic mass is 10.2. The molecule has 1 fully saturated rings. The van der Waals surface area contributed by atoms with Gasteiger partial charge in [-0.3, -0.25) is 0 Å². The molecule has 0 aliphatic carbocycles. The maximum Gasteiger partial charge on any atom is 0.356 e. The van der Waals surface area contributed by atoms with Crippen molar-refractivity contribution in [2.45, 2.75) is 32.6 Å². The van der Waals surface area contributed by atoms with Crippen molar-refractivity contribution in [2.24, 2.45) is 0 Å². The van der Waals surface area contributed by atoms with Crippen molar-refractivity contribution in [1.29, 1.82) is 0 Å². The highest BCUT2D eigenvalue weighted by Gasteiger charge is 2.39. The van der Waals surface area contributed by atoms with Crippen molar-refractivity contribution in [2.75, 3.05) is 0 Å². The van der Waals surface area contributed by atoms with E-state index in [0.29, 0.717) is 6.10 Å². The van der Waals surface area contributed by atoms with Crippen LogP contribution in [-0.4, -0.2) is 5.97 Å². The fourth-order valence-electron chi connectivity index (χ4n) is 0.775. The average Bonchev–Trinajstić information content (AvgIpc) is 2.48. The third kappa shape index (κ3) is 2.04. The summed E-state index contributed by atoms with van der Waals surface area (Å²) in [6.45, 7) is 2.14. The molecule has 0 aromatic rings. The number of ether oxygens (including phenoxy) is 1. The van der Waals surface area contributed by atoms with Gasteiger partial charge < -0.3 is 4.74 Å². The number of hydrogen-bond donors (Lipinski definition) is 0. The molecule has 0 amide bonds. The van der Waals surface area contributed by atoms with Gasteiger partial charge in [-0.2, -0.15) is 0 Å². The third-order valence-electron chi connectivity index (χ3n) is 1.41. The van der Waals surface area contributed by atoms with Gasteiger partial charge >= 0.3 is 5.97 Å². The lowest BCUT2D eigenvalue weighted by molar-refractivity contribution is -0.117. The molecular weight excluding hydrogens is 116 g/mol. The molecule has 0 aromatic heterocycles. The second-order valence-electron chi connectivity index (χ2n) is 2.27. The molecule has 2 nitrogen and oxygen atoms in total. The Bertz CT molecular complexity index is 109. The minimum Gasteiger partial charge on any atom is -0.439 e. The zero-order chi connectivity index (χ0) is 6.69. The van der Waals surface area contributed by atoms with Gasteiger partial charge in [0.25, 0.3) is 6.10 Å². The number of unbranched alkanes of at least 4 members (excludes halogenated alkanes) is 2. The van der Waals surface area contributed by atoms with Gasteiger partial charge in [-0.05, 0) is 6.42 Å². The lowest BCUT2D eigenvalue weighted by Crippen LogP contribution is -1.78. The Morgan fingerprint density at radius 2 is 2.11 bits per heavy atom. The SMILES string of the molecule is CCCCC[C]1OC1=O. The maximum atomic E-state index is 10.2. The molecule has 0 bridgehead atoms. The average molecular weight is 127 g/mol. The zero-order valence-corrected chi connectivity index (χ0v) is 5.64. The predicted molar refractivity (Wildman–Crippen MR) is 33.5 cm³/mol. The van der Waals surface area contributed by atoms with E-state index in [1.807, 2.05) is 0 Å². The van der Waals surface area contributed by atoms with Crippen LogP contribution in [0.4, 0.5) is 0 Å². The van der Waals surface area contributed by atoms with E-state index >= 15 is 0 Å². The summed E-state index contributed by atoms with van der Waals surface area (Å²) in [6.07, 6.45) is 5.02. The number of cyclic esters (lactones) is 1. The van der Waals surface area contributed by atoms with Crippen LogP contribution in [0, 0.1) is 6.10 Å². The fraction of sp³-hybridized carbons (Fsp3) is 0.714. The van der Waals surface area contributed by atoms with Crippen molar-refractivity contribution in [3.63, 3.8) is 0 Å². The Balaban J connectivity index is 1.88. The molecule has 0 unspecified atom stereocenters. The maximum absolute atomic E-state index is 10.2. The van der Waals surface area contributed by atoms with Crippen LogP contribution < -0.4 is 0 Å². The van der Waals surface area contributed by atoms with Crippen LogP contribution in [0.2, 0.25) is 0 Å². The molecule has 0 saturated carbocycles. The largest absolute Gasteiger partial charge is 0.439 e. The quantitative estimate of drug-likeness (QED) is 0.424. The van der Waals surface area contributed by atoms with Gasteiger partial charge in [-0.1, -0.05) is 19.8 Å². The van der Waals surface area contributed by atoms with E-state index in [1.54, 1.807) is 0 Å². The van der Waals surface area contributed by atoms with E-state index in [9.17, 15) is 4.79 Å². The van der Waals surface area contributed by atoms with Gasteiger partial charge in [0.1, 0.15) is 0 Å². The second kappa shape index (κ2) is 2.85. The van der Waals surface area contributed by atoms with Crippen molar-refractivity contribution >= 4 is 5.97 Å². The Hall–Kier alpha value is -0.530. The molecular formula is C7H11O2. The number of carbonyl (C=O) groups excluding carboxylic acids is 1. The van der Waals surface area contributed by atoms with E-state index in [1.165, 1.54) is 12.8 Å². The summed E-state index contributed by atoms with van der Waals surface area (Å²) < 4.78 is 4.54. The molecule has 0 atom stereocenters. The summed E-state index contributed by atoms with van der Waals surface area (Å²) in [5.74, 6) is -0.0916. The summed E-state index contributed by atoms with van der Waals surface area (Å²) in [5, 5.41) is 0. The summed E-state index contributed by atoms with van der Waals surface area (Å²) in [5.41, 5.74) is 0. The number of epoxide rings is 1. The Morgan fingerprint density at radius 3 is 2.56 bits per heavy atom. The second-order valence-corrected chi connectivity index (χ2v) is 2.27. The molecule has 0 N–H and O–H groups in total. The minimum atomic E-state index is -0.0916. The molecule has 1 aliphatic rings. The minimum absolute atomic E-state index is 0.0916. The smallest absolute Gasteiger partial charge is 0.356 e. The van der Waals surface area contributed by atoms with Crippen LogP contribution in [0.3, 0.4) is 0 Å². The molecule has 1 rings (SSSR count). The van der Waals surface area contributed by atoms with Crippen molar-refractivity contribution in [3.05, 3.63) is 6.10 Å². The first-order valence-corrected chi connectivity index (χ1v) is 3.42. The predicted octanol–water partition coefficient (Wildman–Crippen LogP) is 1.66. The first-order chi connectivity index (χ1) is 4.34. The fourth-order valence-corrected chi connectivity index (χ4v) is 0.775. The van der Waals surface area contributed by atoms with Crippen molar-refractivity contribution < 1.29 is 9.53 Å². The highest BCUT2D eigenvalue weighted by Crippen LogP contribution is 2.27. The molecule has 0 aromatic carbocycles. The van der Waals surface area contributed by atoms with Crippen LogP contribution in [0.25, 0.3) is 0 Å². The Labute approximate surface area is 55.2 Å². The molecule has 1 saturated heterocycles. The lowest BCUT2D eigenvalue weighted by Gasteiger charge is -1.88. The Kier molecular flexibility index (Phi) is 2.09. The van der Waals surface area contributed by atoms with Gasteiger partial charge in [0, 0.05) is 6.42 Å². The molecule has 51 valence electrons. The molecule has 1 radical (unpaired) electrons. The van der Waals surface area contributed by atoms with Gasteiger partial charge in [0.05, 0.1) is 0 Å². The van der Waals surface area contributed by atoms with Crippen LogP contribution in [0.15, 0.2) is 0 Å². The monoisotopic (exact) mass is 127 g/mol. The molecule has 0 spiro atoms. The van der Waals surface area contributed by atoms with E-state index < -0.39 is 0 Å². The summed E-state index contributed by atoms with van der Waals surface area (Å²) in [4.78, 5) is 10.2. The molecule has 9 heavy (non-hydrogen) atoms. The van der Waals surface area contributed by atoms with Crippen LogP contribution in [-0.2, 0) is 9.53 Å². The highest BCUT2D eigenvalue weighted by molar-refractivity contribution is 5.96. The molecule has 2 heteroatoms. The van der Waals surface area contributed by atoms with E-state index in [4.69, 9.17) is 0 Å². The van der Waals surface area contributed by atoms with Gasteiger partial charge in [-0.25, -0.2) is 4.79 Å². The Morgan fingerprint density at radius 1 is 1.44 bits per heavy atom. The summed E-state index contributed by atoms with van der Waals surface area (Å²) >= 11 is 0. The number of carbonyl (C=O) groups is 1. The number of hydrogen-bond acceptors (Lipinski definition) is 2. The van der Waals surface area contributed by atoms with Gasteiger partial charge in [-0.15, -0.1) is 0 Å². The standard InChI is InChI=1S/C7H11O2/c1-2-3-4-5-6-7(8)9-6/h2-5H2,1H3. The first kappa shape index (κ1) is 6.59. The topological polar surface area (TPSA) is 29.6 Å². The van der Waals surface area contributed by atoms with Crippen molar-refractivity contribution in [3.8, 4) is 0 Å². The van der Waals surface area contributed by atoms with Crippen LogP contribution >= 0.6 is 0 Å². The van der Waals surface area contributed by atoms with Crippen molar-refractivity contribution in [1.82, 2.24) is 0 Å². The molecule has 1 heterocycles. The first-order valence-electron chi connectivity index (χ1n) is 3.42. The molecule has 1 aliphatic heterocycles. The number of rotatable bonds is 4. The van der Waals surface area contributed by atoms with E-state index in [0.717, 1.165) is 12.8 Å². The van der Waals surface area contributed by atoms with E-state index in [-0.39, 0.29) is 5.97 Å². The summed E-state index contributed by atoms with van der Waals surface area (Å²) in [7, 11) is 0. The van der Waals surface area contributed by atoms with Gasteiger partial charge in [0.2, 0.25) is 0 Å². The van der Waals surface area contributed by atoms with Gasteiger partial charge in [0.15, 0.2) is 0 Å². The van der Waals surface area contributed by atoms with Crippen LogP contribution in [0.5, 0.6) is 0 Å².